The molecule has 8 heteroatoms. The van der Waals surface area contributed by atoms with Crippen LogP contribution in [0.15, 0.2) is 96.6 Å². The Balaban J connectivity index is 1.29. The Morgan fingerprint density at radius 1 is 0.929 bits per heavy atom. The Hall–Kier alpha value is -5.26. The summed E-state index contributed by atoms with van der Waals surface area (Å²) < 4.78 is 1.90. The van der Waals surface area contributed by atoms with Crippen LogP contribution in [0.2, 0.25) is 0 Å². The number of nitrogens with one attached hydrogen (secondary N) is 1. The number of carbonyl (C=O) groups is 2. The van der Waals surface area contributed by atoms with Crippen LogP contribution < -0.4 is 11.1 Å². The van der Waals surface area contributed by atoms with Crippen LogP contribution in [0.4, 0.5) is 5.00 Å². The summed E-state index contributed by atoms with van der Waals surface area (Å²) in [6, 6.07) is 31.6. The molecule has 1 aliphatic rings. The van der Waals surface area contributed by atoms with Gasteiger partial charge in [-0.1, -0.05) is 72.8 Å². The Bertz CT molecular complexity index is 1850. The molecule has 0 spiro atoms. The number of thiophene rings is 1. The van der Waals surface area contributed by atoms with Crippen LogP contribution in [0, 0.1) is 11.3 Å². The molecule has 0 bridgehead atoms. The number of aryl methyl sites for hydroxylation is 1. The number of hydrogen-bond acceptors (Lipinski definition) is 5. The van der Waals surface area contributed by atoms with Crippen molar-refractivity contribution >= 4 is 34.2 Å². The summed E-state index contributed by atoms with van der Waals surface area (Å²) in [5.41, 5.74) is 12.3. The number of primary amides is 1. The van der Waals surface area contributed by atoms with E-state index in [1.54, 1.807) is 0 Å². The monoisotopic (exact) mass is 569 g/mol. The summed E-state index contributed by atoms with van der Waals surface area (Å²) in [6.07, 6.45) is 5.18. The number of fused-ring (bicyclic) bond motifs is 1. The van der Waals surface area contributed by atoms with E-state index in [0.29, 0.717) is 16.1 Å². The number of nitriles is 1. The molecule has 1 aliphatic carbocycles. The van der Waals surface area contributed by atoms with Crippen LogP contribution in [0.1, 0.15) is 39.2 Å². The molecule has 206 valence electrons. The van der Waals surface area contributed by atoms with Gasteiger partial charge in [0.05, 0.1) is 22.6 Å². The van der Waals surface area contributed by atoms with Gasteiger partial charge in [0.2, 0.25) is 0 Å². The molecule has 7 nitrogen and oxygen atoms in total. The lowest BCUT2D eigenvalue weighted by Gasteiger charge is -2.11. The number of nitrogens with two attached hydrogens (primary N) is 1. The van der Waals surface area contributed by atoms with E-state index in [-0.39, 0.29) is 5.57 Å². The molecule has 0 radical (unpaired) electrons. The summed E-state index contributed by atoms with van der Waals surface area (Å²) in [5.74, 6) is -1.14. The van der Waals surface area contributed by atoms with Crippen molar-refractivity contribution in [2.75, 3.05) is 5.32 Å². The first-order valence-corrected chi connectivity index (χ1v) is 14.5. The maximum absolute atomic E-state index is 13.1. The fraction of sp³-hybridized carbons (Fsp3) is 0.118. The van der Waals surface area contributed by atoms with Crippen molar-refractivity contribution < 1.29 is 9.59 Å². The van der Waals surface area contributed by atoms with Gasteiger partial charge in [-0.2, -0.15) is 10.4 Å². The fourth-order valence-corrected chi connectivity index (χ4v) is 6.54. The molecule has 0 atom stereocenters. The van der Waals surface area contributed by atoms with Crippen molar-refractivity contribution in [2.45, 2.75) is 25.7 Å². The molecule has 2 heterocycles. The highest BCUT2D eigenvalue weighted by molar-refractivity contribution is 7.17. The number of benzene rings is 3. The summed E-state index contributed by atoms with van der Waals surface area (Å²) in [7, 11) is 0. The predicted octanol–water partition coefficient (Wildman–Crippen LogP) is 6.79. The first-order chi connectivity index (χ1) is 20.5. The van der Waals surface area contributed by atoms with E-state index in [2.05, 4.69) is 11.4 Å². The third-order valence-electron chi connectivity index (χ3n) is 7.31. The molecule has 0 fully saturated rings. The highest BCUT2D eigenvalue weighted by Crippen LogP contribution is 2.38. The molecule has 2 amide bonds. The van der Waals surface area contributed by atoms with Crippen molar-refractivity contribution in [1.29, 1.82) is 5.26 Å². The van der Waals surface area contributed by atoms with Crippen molar-refractivity contribution in [3.8, 4) is 34.3 Å². The zero-order valence-electron chi connectivity index (χ0n) is 22.7. The van der Waals surface area contributed by atoms with Crippen LogP contribution in [-0.2, 0) is 17.6 Å². The van der Waals surface area contributed by atoms with Crippen molar-refractivity contribution in [3.63, 3.8) is 0 Å². The second kappa shape index (κ2) is 11.7. The van der Waals surface area contributed by atoms with Gasteiger partial charge >= 0.3 is 0 Å². The Morgan fingerprint density at radius 3 is 2.26 bits per heavy atom. The number of nitrogens with zero attached hydrogens (tertiary/aromatic N) is 3. The van der Waals surface area contributed by atoms with Gasteiger partial charge in [-0.05, 0) is 61.1 Å². The van der Waals surface area contributed by atoms with E-state index < -0.39 is 11.8 Å². The minimum atomic E-state index is -0.575. The second-order valence-corrected chi connectivity index (χ2v) is 11.2. The van der Waals surface area contributed by atoms with E-state index in [1.165, 1.54) is 17.4 Å². The standard InChI is InChI=1S/C34H27N5O2S/c35-21-25(33(41)37-34-31(32(36)40)27-13-7-8-14-30(27)42-34)19-22-15-17-26(18-16-22)39-29(24-11-5-2-6-12-24)20-28(38-39)23-9-3-1-4-10-23/h1-6,9-12,15-20H,7-8,13-14H2,(H2,36,40)(H,37,41)/b25-19+. The highest BCUT2D eigenvalue weighted by atomic mass is 32.1. The predicted molar refractivity (Wildman–Crippen MR) is 166 cm³/mol. The van der Waals surface area contributed by atoms with Gasteiger partial charge in [0, 0.05) is 16.0 Å². The number of amides is 2. The van der Waals surface area contributed by atoms with E-state index in [0.717, 1.165) is 64.3 Å². The number of rotatable bonds is 7. The van der Waals surface area contributed by atoms with Crippen LogP contribution in [0.5, 0.6) is 0 Å². The molecule has 0 unspecified atom stereocenters. The molecular weight excluding hydrogens is 542 g/mol. The third-order valence-corrected chi connectivity index (χ3v) is 8.51. The summed E-state index contributed by atoms with van der Waals surface area (Å²) >= 11 is 1.37. The number of carbonyl (C=O) groups excluding carboxylic acids is 2. The molecule has 42 heavy (non-hydrogen) atoms. The molecule has 3 N–H and O–H groups in total. The first-order valence-electron chi connectivity index (χ1n) is 13.7. The Labute approximate surface area is 247 Å². The van der Waals surface area contributed by atoms with E-state index >= 15 is 0 Å². The van der Waals surface area contributed by atoms with Gasteiger partial charge < -0.3 is 11.1 Å². The first kappa shape index (κ1) is 26.9. The van der Waals surface area contributed by atoms with E-state index in [9.17, 15) is 14.9 Å². The third kappa shape index (κ3) is 5.38. The van der Waals surface area contributed by atoms with Crippen LogP contribution in [0.3, 0.4) is 0 Å². The lowest BCUT2D eigenvalue weighted by Crippen LogP contribution is -2.19. The molecular formula is C34H27N5O2S. The molecule has 5 aromatic rings. The molecule has 6 rings (SSSR count). The van der Waals surface area contributed by atoms with Crippen LogP contribution >= 0.6 is 11.3 Å². The summed E-state index contributed by atoms with van der Waals surface area (Å²) in [6.45, 7) is 0. The SMILES string of the molecule is N#C/C(=C\c1ccc(-n2nc(-c3ccccc3)cc2-c2ccccc2)cc1)C(=O)Nc1sc2c(c1C(N)=O)CCCC2. The maximum atomic E-state index is 13.1. The average molecular weight is 570 g/mol. The zero-order chi connectivity index (χ0) is 29.1. The zero-order valence-corrected chi connectivity index (χ0v) is 23.5. The second-order valence-electron chi connectivity index (χ2n) is 10.1. The largest absolute Gasteiger partial charge is 0.365 e. The lowest BCUT2D eigenvalue weighted by atomic mass is 9.95. The van der Waals surface area contributed by atoms with Crippen LogP contribution in [-0.4, -0.2) is 21.6 Å². The number of hydrogen-bond donors (Lipinski definition) is 2. The minimum absolute atomic E-state index is 0.0695. The van der Waals surface area contributed by atoms with Gasteiger partial charge in [-0.3, -0.25) is 9.59 Å². The lowest BCUT2D eigenvalue weighted by molar-refractivity contribution is -0.112. The molecule has 0 aliphatic heterocycles. The van der Waals surface area contributed by atoms with Crippen molar-refractivity contribution in [3.05, 3.63) is 118 Å². The van der Waals surface area contributed by atoms with Crippen LogP contribution in [0.25, 0.3) is 34.3 Å². The minimum Gasteiger partial charge on any atom is -0.365 e. The quantitative estimate of drug-likeness (QED) is 0.166. The Morgan fingerprint density at radius 2 is 1.60 bits per heavy atom. The fourth-order valence-electron chi connectivity index (χ4n) is 5.25. The van der Waals surface area contributed by atoms with Crippen molar-refractivity contribution in [1.82, 2.24) is 9.78 Å². The molecule has 0 saturated heterocycles. The average Bonchev–Trinajstić information content (AvgIpc) is 3.63. The molecule has 3 aromatic carbocycles. The number of aromatic nitrogens is 2. The van der Waals surface area contributed by atoms with Gasteiger partial charge in [0.25, 0.3) is 11.8 Å². The van der Waals surface area contributed by atoms with E-state index in [1.807, 2.05) is 95.7 Å². The normalized spacial score (nSPS) is 12.8. The smallest absolute Gasteiger partial charge is 0.266 e. The molecule has 0 saturated carbocycles. The van der Waals surface area contributed by atoms with Crippen molar-refractivity contribution in [2.24, 2.45) is 5.73 Å². The van der Waals surface area contributed by atoms with Gasteiger partial charge in [-0.25, -0.2) is 4.68 Å². The summed E-state index contributed by atoms with van der Waals surface area (Å²) in [5, 5.41) is 17.9. The highest BCUT2D eigenvalue weighted by Gasteiger charge is 2.25. The maximum Gasteiger partial charge on any atom is 0.266 e. The van der Waals surface area contributed by atoms with Gasteiger partial charge in [-0.15, -0.1) is 11.3 Å². The number of anilines is 1. The Kier molecular flexibility index (Phi) is 7.50. The molecule has 2 aromatic heterocycles. The van der Waals surface area contributed by atoms with E-state index in [4.69, 9.17) is 10.8 Å². The van der Waals surface area contributed by atoms with Gasteiger partial charge in [0.1, 0.15) is 16.6 Å². The topological polar surface area (TPSA) is 114 Å². The summed E-state index contributed by atoms with van der Waals surface area (Å²) in [4.78, 5) is 26.4. The van der Waals surface area contributed by atoms with Gasteiger partial charge in [0.15, 0.2) is 0 Å².